The van der Waals surface area contributed by atoms with E-state index in [9.17, 15) is 9.41 Å². The number of benzene rings is 1. The predicted octanol–water partition coefficient (Wildman–Crippen LogP) is 1.11. The fourth-order valence-corrected chi connectivity index (χ4v) is 2.14. The molecule has 0 unspecified atom stereocenters. The molecule has 3 rings (SSSR count). The Balaban J connectivity index is 1.93. The van der Waals surface area contributed by atoms with Crippen LogP contribution in [0.3, 0.4) is 0 Å². The van der Waals surface area contributed by atoms with Gasteiger partial charge in [-0.05, 0) is 29.2 Å². The average Bonchev–Trinajstić information content (AvgIpc) is 2.88. The molecular weight excluding hydrogens is 290 g/mol. The van der Waals surface area contributed by atoms with Crippen LogP contribution in [0.4, 0.5) is 4.39 Å². The average molecular weight is 300 g/mol. The van der Waals surface area contributed by atoms with E-state index in [4.69, 9.17) is 19.4 Å². The summed E-state index contributed by atoms with van der Waals surface area (Å²) in [7, 11) is 0.258. The van der Waals surface area contributed by atoms with Crippen molar-refractivity contribution in [3.63, 3.8) is 0 Å². The van der Waals surface area contributed by atoms with Gasteiger partial charge in [-0.1, -0.05) is 0 Å². The van der Waals surface area contributed by atoms with Crippen molar-refractivity contribution in [2.45, 2.75) is 6.61 Å². The van der Waals surface area contributed by atoms with Gasteiger partial charge < -0.3 is 19.2 Å². The number of fused-ring (bicyclic) bond motifs is 1. The molecule has 0 amide bonds. The Labute approximate surface area is 125 Å². The minimum atomic E-state index is -1.12. The molecule has 1 N–H and O–H groups in total. The monoisotopic (exact) mass is 300 g/mol. The first kappa shape index (κ1) is 14.3. The van der Waals surface area contributed by atoms with Gasteiger partial charge in [-0.25, -0.2) is 4.39 Å². The summed E-state index contributed by atoms with van der Waals surface area (Å²) in [5.41, 5.74) is 1.28. The summed E-state index contributed by atoms with van der Waals surface area (Å²) >= 11 is 0. The second kappa shape index (κ2) is 5.64. The summed E-state index contributed by atoms with van der Waals surface area (Å²) in [5.74, 6) is -0.501. The summed E-state index contributed by atoms with van der Waals surface area (Å²) in [6.07, 6.45) is 0. The van der Waals surface area contributed by atoms with Crippen LogP contribution < -0.4 is 14.9 Å². The van der Waals surface area contributed by atoms with Gasteiger partial charge in [0.2, 0.25) is 11.8 Å². The van der Waals surface area contributed by atoms with Gasteiger partial charge in [-0.2, -0.15) is 10.2 Å². The van der Waals surface area contributed by atoms with Gasteiger partial charge in [0.15, 0.2) is 11.6 Å². The molecule has 0 spiro atoms. The Bertz CT molecular complexity index is 778. The number of methoxy groups -OCH3 is 1. The SMILES string of the molecule is COc1nc(Oc2cc3c(cc2F)B(O)OC3)ccc1C#N. The Morgan fingerprint density at radius 2 is 2.27 bits per heavy atom. The zero-order valence-corrected chi connectivity index (χ0v) is 11.5. The highest BCUT2D eigenvalue weighted by Gasteiger charge is 2.29. The Morgan fingerprint density at radius 3 is 3.00 bits per heavy atom. The van der Waals surface area contributed by atoms with Gasteiger partial charge in [0, 0.05) is 6.07 Å². The third-order valence-corrected chi connectivity index (χ3v) is 3.22. The lowest BCUT2D eigenvalue weighted by Crippen LogP contribution is -2.28. The number of nitriles is 1. The van der Waals surface area contributed by atoms with Gasteiger partial charge in [0.05, 0.1) is 13.7 Å². The van der Waals surface area contributed by atoms with Crippen molar-refractivity contribution in [1.82, 2.24) is 4.98 Å². The number of nitrogens with zero attached hydrogens (tertiary/aromatic N) is 2. The molecule has 2 aromatic rings. The molecule has 1 aromatic carbocycles. The summed E-state index contributed by atoms with van der Waals surface area (Å²) in [6.45, 7) is 0.178. The summed E-state index contributed by atoms with van der Waals surface area (Å²) in [6, 6.07) is 7.46. The fourth-order valence-electron chi connectivity index (χ4n) is 2.14. The van der Waals surface area contributed by atoms with Crippen molar-refractivity contribution in [3.8, 4) is 23.6 Å². The van der Waals surface area contributed by atoms with Gasteiger partial charge in [-0.3, -0.25) is 0 Å². The normalized spacial score (nSPS) is 12.7. The van der Waals surface area contributed by atoms with E-state index in [-0.39, 0.29) is 29.7 Å². The third kappa shape index (κ3) is 2.48. The standard InChI is InChI=1S/C14H10BFN2O4/c1-20-14-8(6-17)2-3-13(18-14)22-12-4-9-7-21-15(19)10(9)5-11(12)16/h2-5,19H,7H2,1H3. The number of ether oxygens (including phenoxy) is 2. The third-order valence-electron chi connectivity index (χ3n) is 3.22. The maximum absolute atomic E-state index is 14.0. The van der Waals surface area contributed by atoms with Crippen molar-refractivity contribution >= 4 is 12.6 Å². The van der Waals surface area contributed by atoms with Crippen molar-refractivity contribution < 1.29 is 23.5 Å². The minimum Gasteiger partial charge on any atom is -0.480 e. The second-order valence-electron chi connectivity index (χ2n) is 4.56. The van der Waals surface area contributed by atoms with Gasteiger partial charge in [0.1, 0.15) is 11.6 Å². The van der Waals surface area contributed by atoms with E-state index in [1.54, 1.807) is 0 Å². The highest BCUT2D eigenvalue weighted by molar-refractivity contribution is 6.61. The number of pyridine rings is 1. The summed E-state index contributed by atoms with van der Waals surface area (Å²) in [5, 5.41) is 18.4. The van der Waals surface area contributed by atoms with E-state index >= 15 is 0 Å². The number of rotatable bonds is 3. The number of hydrogen-bond acceptors (Lipinski definition) is 6. The first-order valence-electron chi connectivity index (χ1n) is 6.37. The van der Waals surface area contributed by atoms with Crippen LogP contribution in [-0.4, -0.2) is 24.2 Å². The molecule has 0 saturated carbocycles. The van der Waals surface area contributed by atoms with Crippen LogP contribution in [0.2, 0.25) is 0 Å². The fraction of sp³-hybridized carbons (Fsp3) is 0.143. The largest absolute Gasteiger partial charge is 0.491 e. The Hall–Kier alpha value is -2.63. The molecule has 22 heavy (non-hydrogen) atoms. The van der Waals surface area contributed by atoms with Crippen molar-refractivity contribution in [2.75, 3.05) is 7.11 Å². The molecule has 2 heterocycles. The maximum Gasteiger partial charge on any atom is 0.491 e. The number of aromatic nitrogens is 1. The molecule has 1 aromatic heterocycles. The van der Waals surface area contributed by atoms with Crippen LogP contribution in [0, 0.1) is 17.1 Å². The maximum atomic E-state index is 14.0. The van der Waals surface area contributed by atoms with Gasteiger partial charge in [0.25, 0.3) is 0 Å². The lowest BCUT2D eigenvalue weighted by molar-refractivity contribution is 0.275. The molecule has 0 saturated heterocycles. The highest BCUT2D eigenvalue weighted by atomic mass is 19.1. The van der Waals surface area contributed by atoms with Crippen molar-refractivity contribution in [3.05, 3.63) is 41.2 Å². The summed E-state index contributed by atoms with van der Waals surface area (Å²) in [4.78, 5) is 3.99. The van der Waals surface area contributed by atoms with E-state index < -0.39 is 12.9 Å². The molecule has 110 valence electrons. The van der Waals surface area contributed by atoms with Crippen LogP contribution in [0.25, 0.3) is 0 Å². The van der Waals surface area contributed by atoms with E-state index in [1.807, 2.05) is 6.07 Å². The molecule has 0 radical (unpaired) electrons. The molecule has 0 bridgehead atoms. The Morgan fingerprint density at radius 1 is 1.45 bits per heavy atom. The zero-order chi connectivity index (χ0) is 15.7. The molecule has 0 atom stereocenters. The quantitative estimate of drug-likeness (QED) is 0.855. The molecular formula is C14H10BFN2O4. The molecule has 1 aliphatic rings. The second-order valence-corrected chi connectivity index (χ2v) is 4.56. The smallest absolute Gasteiger partial charge is 0.480 e. The lowest BCUT2D eigenvalue weighted by atomic mass is 9.79. The molecule has 1 aliphatic heterocycles. The van der Waals surface area contributed by atoms with Crippen LogP contribution in [0.15, 0.2) is 24.3 Å². The highest BCUT2D eigenvalue weighted by Crippen LogP contribution is 2.28. The molecule has 6 nitrogen and oxygen atoms in total. The molecule has 0 fully saturated rings. The first-order chi connectivity index (χ1) is 10.6. The van der Waals surface area contributed by atoms with Crippen molar-refractivity contribution in [1.29, 1.82) is 5.26 Å². The van der Waals surface area contributed by atoms with E-state index in [1.165, 1.54) is 31.4 Å². The molecule has 0 aliphatic carbocycles. The lowest BCUT2D eigenvalue weighted by Gasteiger charge is -2.09. The van der Waals surface area contributed by atoms with Crippen LogP contribution in [0.1, 0.15) is 11.1 Å². The molecule has 8 heteroatoms. The summed E-state index contributed by atoms with van der Waals surface area (Å²) < 4.78 is 29.4. The van der Waals surface area contributed by atoms with E-state index in [0.717, 1.165) is 0 Å². The van der Waals surface area contributed by atoms with Crippen LogP contribution >= 0.6 is 0 Å². The topological polar surface area (TPSA) is 84.6 Å². The van der Waals surface area contributed by atoms with Gasteiger partial charge >= 0.3 is 7.12 Å². The number of halogens is 1. The zero-order valence-electron chi connectivity index (χ0n) is 11.5. The first-order valence-corrected chi connectivity index (χ1v) is 6.37. The van der Waals surface area contributed by atoms with Crippen LogP contribution in [0.5, 0.6) is 17.5 Å². The predicted molar refractivity (Wildman–Crippen MR) is 74.4 cm³/mol. The van der Waals surface area contributed by atoms with E-state index in [2.05, 4.69) is 4.98 Å². The van der Waals surface area contributed by atoms with E-state index in [0.29, 0.717) is 11.0 Å². The number of hydrogen-bond donors (Lipinski definition) is 1. The Kier molecular flexibility index (Phi) is 3.67. The van der Waals surface area contributed by atoms with Crippen molar-refractivity contribution in [2.24, 2.45) is 0 Å². The van der Waals surface area contributed by atoms with Crippen LogP contribution in [-0.2, 0) is 11.3 Å². The van der Waals surface area contributed by atoms with Gasteiger partial charge in [-0.15, -0.1) is 0 Å². The minimum absolute atomic E-state index is 0.0456.